The van der Waals surface area contributed by atoms with Crippen LogP contribution >= 0.6 is 11.8 Å². The van der Waals surface area contributed by atoms with E-state index in [-0.39, 0.29) is 11.2 Å². The lowest BCUT2D eigenvalue weighted by Crippen LogP contribution is -2.23. The number of para-hydroxylation sites is 1. The second-order valence-electron chi connectivity index (χ2n) is 6.74. The summed E-state index contributed by atoms with van der Waals surface area (Å²) in [6.45, 7) is 9.90. The van der Waals surface area contributed by atoms with Crippen molar-refractivity contribution >= 4 is 23.4 Å². The van der Waals surface area contributed by atoms with Crippen molar-refractivity contribution in [3.05, 3.63) is 58.7 Å². The Balaban J connectivity index is 1.78. The molecule has 0 spiro atoms. The number of carbonyl (C=O) groups is 1. The van der Waals surface area contributed by atoms with Gasteiger partial charge in [-0.1, -0.05) is 36.0 Å². The lowest BCUT2D eigenvalue weighted by Gasteiger charge is -2.15. The molecule has 1 heterocycles. The Morgan fingerprint density at radius 2 is 1.70 bits per heavy atom. The topological polar surface area (TPSA) is 72.7 Å². The predicted octanol–water partition coefficient (Wildman–Crippen LogP) is 4.02. The van der Waals surface area contributed by atoms with Gasteiger partial charge in [-0.2, -0.15) is 4.68 Å². The number of hydrogen-bond donors (Lipinski definition) is 1. The van der Waals surface area contributed by atoms with Gasteiger partial charge in [-0.05, 0) is 79.4 Å². The first-order valence-electron chi connectivity index (χ1n) is 8.76. The minimum absolute atomic E-state index is 0.0765. The molecule has 0 saturated heterocycles. The molecule has 0 fully saturated rings. The van der Waals surface area contributed by atoms with Crippen LogP contribution in [0.3, 0.4) is 0 Å². The maximum atomic E-state index is 12.7. The molecule has 0 aliphatic heterocycles. The molecule has 1 N–H and O–H groups in total. The summed E-state index contributed by atoms with van der Waals surface area (Å²) >= 11 is 1.34. The number of carbonyl (C=O) groups excluding carboxylic acids is 1. The third-order valence-electron chi connectivity index (χ3n) is 4.27. The Bertz CT molecular complexity index is 942. The van der Waals surface area contributed by atoms with E-state index in [2.05, 4.69) is 26.9 Å². The number of benzene rings is 2. The van der Waals surface area contributed by atoms with Crippen LogP contribution in [0, 0.1) is 27.7 Å². The highest BCUT2D eigenvalue weighted by Gasteiger charge is 2.20. The Morgan fingerprint density at radius 3 is 2.33 bits per heavy atom. The molecule has 0 aliphatic rings. The summed E-state index contributed by atoms with van der Waals surface area (Å²) in [4.78, 5) is 12.7. The van der Waals surface area contributed by atoms with Crippen molar-refractivity contribution in [2.75, 3.05) is 5.32 Å². The monoisotopic (exact) mass is 381 g/mol. The number of aromatic nitrogens is 4. The summed E-state index contributed by atoms with van der Waals surface area (Å²) in [7, 11) is 0. The first-order chi connectivity index (χ1) is 12.8. The van der Waals surface area contributed by atoms with Crippen LogP contribution in [0.4, 0.5) is 5.69 Å². The van der Waals surface area contributed by atoms with Gasteiger partial charge in [-0.15, -0.1) is 5.10 Å². The van der Waals surface area contributed by atoms with Crippen LogP contribution in [-0.2, 0) is 4.79 Å². The van der Waals surface area contributed by atoms with Crippen molar-refractivity contribution in [1.29, 1.82) is 0 Å². The number of nitrogens with zero attached hydrogens (tertiary/aromatic N) is 4. The van der Waals surface area contributed by atoms with Gasteiger partial charge in [-0.3, -0.25) is 4.79 Å². The predicted molar refractivity (Wildman–Crippen MR) is 108 cm³/mol. The van der Waals surface area contributed by atoms with E-state index in [1.165, 1.54) is 11.8 Å². The zero-order chi connectivity index (χ0) is 19.6. The number of tetrazole rings is 1. The van der Waals surface area contributed by atoms with E-state index in [9.17, 15) is 4.79 Å². The molecule has 7 heteroatoms. The van der Waals surface area contributed by atoms with Crippen molar-refractivity contribution < 1.29 is 4.79 Å². The Labute approximate surface area is 163 Å². The largest absolute Gasteiger partial charge is 0.325 e. The van der Waals surface area contributed by atoms with Gasteiger partial charge in [0.2, 0.25) is 11.1 Å². The Morgan fingerprint density at radius 1 is 1.07 bits per heavy atom. The van der Waals surface area contributed by atoms with E-state index in [1.807, 2.05) is 65.0 Å². The van der Waals surface area contributed by atoms with Gasteiger partial charge < -0.3 is 5.32 Å². The van der Waals surface area contributed by atoms with Crippen LogP contribution in [-0.4, -0.2) is 31.4 Å². The first kappa shape index (κ1) is 19.1. The van der Waals surface area contributed by atoms with E-state index in [0.29, 0.717) is 5.16 Å². The van der Waals surface area contributed by atoms with E-state index < -0.39 is 0 Å². The molecular weight excluding hydrogens is 358 g/mol. The summed E-state index contributed by atoms with van der Waals surface area (Å²) in [5, 5.41) is 15.3. The molecule has 1 amide bonds. The number of thioether (sulfide) groups is 1. The number of anilines is 1. The summed E-state index contributed by atoms with van der Waals surface area (Å²) in [5.74, 6) is -0.0765. The number of aryl methyl sites for hydroxylation is 4. The van der Waals surface area contributed by atoms with E-state index in [0.717, 1.165) is 33.6 Å². The van der Waals surface area contributed by atoms with E-state index in [4.69, 9.17) is 0 Å². The van der Waals surface area contributed by atoms with Gasteiger partial charge in [0.15, 0.2) is 0 Å². The zero-order valence-corrected chi connectivity index (χ0v) is 17.0. The normalized spacial score (nSPS) is 12.0. The molecule has 3 aromatic rings. The molecule has 1 atom stereocenters. The molecule has 0 saturated carbocycles. The molecule has 140 valence electrons. The van der Waals surface area contributed by atoms with Crippen molar-refractivity contribution in [3.63, 3.8) is 0 Å². The van der Waals surface area contributed by atoms with Gasteiger partial charge in [-0.25, -0.2) is 0 Å². The average Bonchev–Trinajstić information content (AvgIpc) is 3.05. The number of amides is 1. The van der Waals surface area contributed by atoms with Crippen LogP contribution in [0.2, 0.25) is 0 Å². The summed E-state index contributed by atoms with van der Waals surface area (Å²) in [5.41, 5.74) is 6.11. The fourth-order valence-electron chi connectivity index (χ4n) is 2.94. The highest BCUT2D eigenvalue weighted by molar-refractivity contribution is 8.00. The van der Waals surface area contributed by atoms with Gasteiger partial charge in [0.25, 0.3) is 0 Å². The molecule has 0 bridgehead atoms. The second kappa shape index (κ2) is 7.92. The SMILES string of the molecule is Cc1cc(C)cc(-n2nnnc2S[C@H](C)C(=O)Nc2c(C)cccc2C)c1. The van der Waals surface area contributed by atoms with Crippen molar-refractivity contribution in [2.24, 2.45) is 0 Å². The van der Waals surface area contributed by atoms with Gasteiger partial charge in [0.1, 0.15) is 0 Å². The zero-order valence-electron chi connectivity index (χ0n) is 16.1. The van der Waals surface area contributed by atoms with Crippen LogP contribution in [0.5, 0.6) is 0 Å². The molecule has 0 radical (unpaired) electrons. The van der Waals surface area contributed by atoms with Gasteiger partial charge in [0, 0.05) is 5.69 Å². The van der Waals surface area contributed by atoms with Crippen LogP contribution < -0.4 is 5.32 Å². The minimum atomic E-state index is -0.348. The third-order valence-corrected chi connectivity index (χ3v) is 5.31. The minimum Gasteiger partial charge on any atom is -0.325 e. The van der Waals surface area contributed by atoms with Crippen molar-refractivity contribution in [1.82, 2.24) is 20.2 Å². The quantitative estimate of drug-likeness (QED) is 0.676. The third kappa shape index (κ3) is 4.36. The molecule has 3 rings (SSSR count). The molecular formula is C20H23N5OS. The van der Waals surface area contributed by atoms with Crippen molar-refractivity contribution in [3.8, 4) is 5.69 Å². The van der Waals surface area contributed by atoms with Gasteiger partial charge >= 0.3 is 0 Å². The standard InChI is InChI=1S/C20H23N5OS/c1-12-9-13(2)11-17(10-12)25-20(22-23-24-25)27-16(5)19(26)21-18-14(3)7-6-8-15(18)4/h6-11,16H,1-5H3,(H,21,26)/t16-/m1/s1. The summed E-state index contributed by atoms with van der Waals surface area (Å²) in [6.07, 6.45) is 0. The molecule has 2 aromatic carbocycles. The first-order valence-corrected chi connectivity index (χ1v) is 9.64. The molecule has 27 heavy (non-hydrogen) atoms. The number of hydrogen-bond acceptors (Lipinski definition) is 5. The smallest absolute Gasteiger partial charge is 0.237 e. The Hall–Kier alpha value is -2.67. The maximum Gasteiger partial charge on any atom is 0.237 e. The molecule has 0 unspecified atom stereocenters. The second-order valence-corrected chi connectivity index (χ2v) is 8.04. The fraction of sp³-hybridized carbons (Fsp3) is 0.300. The van der Waals surface area contributed by atoms with Crippen molar-refractivity contribution in [2.45, 2.75) is 45.0 Å². The summed E-state index contributed by atoms with van der Waals surface area (Å²) in [6, 6.07) is 12.1. The van der Waals surface area contributed by atoms with Crippen LogP contribution in [0.1, 0.15) is 29.2 Å². The molecule has 6 nitrogen and oxygen atoms in total. The fourth-order valence-corrected chi connectivity index (χ4v) is 3.74. The lowest BCUT2D eigenvalue weighted by molar-refractivity contribution is -0.115. The van der Waals surface area contributed by atoms with Crippen LogP contribution in [0.25, 0.3) is 5.69 Å². The van der Waals surface area contributed by atoms with E-state index >= 15 is 0 Å². The van der Waals surface area contributed by atoms with Crippen LogP contribution in [0.15, 0.2) is 41.6 Å². The highest BCUT2D eigenvalue weighted by Crippen LogP contribution is 2.26. The molecule has 0 aliphatic carbocycles. The molecule has 1 aromatic heterocycles. The highest BCUT2D eigenvalue weighted by atomic mass is 32.2. The van der Waals surface area contributed by atoms with Gasteiger partial charge in [0.05, 0.1) is 10.9 Å². The summed E-state index contributed by atoms with van der Waals surface area (Å²) < 4.78 is 1.67. The number of nitrogens with one attached hydrogen (secondary N) is 1. The number of rotatable bonds is 5. The maximum absolute atomic E-state index is 12.7. The lowest BCUT2D eigenvalue weighted by atomic mass is 10.1. The van der Waals surface area contributed by atoms with E-state index in [1.54, 1.807) is 4.68 Å². The average molecular weight is 382 g/mol. The Kier molecular flexibility index (Phi) is 5.60.